The van der Waals surface area contributed by atoms with E-state index in [1.807, 2.05) is 29.2 Å². The van der Waals surface area contributed by atoms with Gasteiger partial charge in [-0.3, -0.25) is 4.79 Å². The molecule has 3 aromatic rings. The van der Waals surface area contributed by atoms with Crippen molar-refractivity contribution in [1.29, 1.82) is 0 Å². The van der Waals surface area contributed by atoms with Crippen molar-refractivity contribution in [1.82, 2.24) is 14.9 Å². The third kappa shape index (κ3) is 4.21. The number of methoxy groups -OCH3 is 1. The molecule has 1 saturated heterocycles. The number of esters is 1. The number of imidazole rings is 1. The third-order valence-electron chi connectivity index (χ3n) is 5.35. The second-order valence-electron chi connectivity index (χ2n) is 7.19. The lowest BCUT2D eigenvalue weighted by atomic mass is 9.96. The maximum atomic E-state index is 12.5. The van der Waals surface area contributed by atoms with E-state index in [-0.39, 0.29) is 11.9 Å². The van der Waals surface area contributed by atoms with Crippen LogP contribution in [0, 0.1) is 0 Å². The minimum atomic E-state index is -0.371. The number of hydrogen-bond acceptors (Lipinski definition) is 4. The number of likely N-dealkylation sites (tertiary alicyclic amines) is 1. The van der Waals surface area contributed by atoms with Crippen molar-refractivity contribution in [2.45, 2.75) is 18.8 Å². The van der Waals surface area contributed by atoms with Crippen LogP contribution in [0.25, 0.3) is 17.1 Å². The summed E-state index contributed by atoms with van der Waals surface area (Å²) < 4.78 is 4.69. The Morgan fingerprint density at radius 2 is 1.83 bits per heavy atom. The number of amides is 1. The van der Waals surface area contributed by atoms with E-state index in [1.54, 1.807) is 36.4 Å². The van der Waals surface area contributed by atoms with Gasteiger partial charge in [-0.25, -0.2) is 9.78 Å². The summed E-state index contributed by atoms with van der Waals surface area (Å²) in [4.78, 5) is 34.0. The van der Waals surface area contributed by atoms with Crippen LogP contribution in [0.5, 0.6) is 0 Å². The van der Waals surface area contributed by atoms with Crippen molar-refractivity contribution in [2.75, 3.05) is 20.2 Å². The number of carbonyl (C=O) groups is 2. The number of H-pyrrole nitrogens is 1. The Labute approximate surface area is 169 Å². The SMILES string of the molecule is COC(=O)c1ccc(/C=C/C(=O)N2CCC(c3nc4ccccc4[nH]3)CC2)cc1. The number of aromatic nitrogens is 2. The average molecular weight is 389 g/mol. The summed E-state index contributed by atoms with van der Waals surface area (Å²) in [7, 11) is 1.35. The van der Waals surface area contributed by atoms with Crippen LogP contribution in [0.4, 0.5) is 0 Å². The molecule has 1 aromatic heterocycles. The van der Waals surface area contributed by atoms with E-state index >= 15 is 0 Å². The molecule has 0 unspecified atom stereocenters. The molecular weight excluding hydrogens is 366 g/mol. The number of piperidine rings is 1. The number of carbonyl (C=O) groups excluding carboxylic acids is 2. The van der Waals surface area contributed by atoms with Crippen LogP contribution in [0.3, 0.4) is 0 Å². The van der Waals surface area contributed by atoms with Gasteiger partial charge < -0.3 is 14.6 Å². The molecule has 1 amide bonds. The van der Waals surface area contributed by atoms with E-state index in [1.165, 1.54) is 7.11 Å². The first kappa shape index (κ1) is 18.9. The van der Waals surface area contributed by atoms with Gasteiger partial charge in [0, 0.05) is 25.1 Å². The number of aromatic amines is 1. The van der Waals surface area contributed by atoms with Gasteiger partial charge in [0.15, 0.2) is 0 Å². The Morgan fingerprint density at radius 1 is 1.10 bits per heavy atom. The highest BCUT2D eigenvalue weighted by Crippen LogP contribution is 2.27. The Hall–Kier alpha value is -3.41. The highest BCUT2D eigenvalue weighted by atomic mass is 16.5. The van der Waals surface area contributed by atoms with E-state index in [0.29, 0.717) is 24.6 Å². The fraction of sp³-hybridized carbons (Fsp3) is 0.261. The number of benzene rings is 2. The Bertz CT molecular complexity index is 1010. The molecule has 1 aliphatic rings. The molecule has 6 nitrogen and oxygen atoms in total. The summed E-state index contributed by atoms with van der Waals surface area (Å²) >= 11 is 0. The number of fused-ring (bicyclic) bond motifs is 1. The van der Waals surface area contributed by atoms with E-state index < -0.39 is 0 Å². The van der Waals surface area contributed by atoms with Gasteiger partial charge in [-0.05, 0) is 48.7 Å². The standard InChI is InChI=1S/C23H23N3O3/c1-29-23(28)18-9-6-16(7-10-18)8-11-21(27)26-14-12-17(13-15-26)22-24-19-4-2-3-5-20(19)25-22/h2-11,17H,12-15H2,1H3,(H,24,25)/b11-8+. The Morgan fingerprint density at radius 3 is 2.52 bits per heavy atom. The molecule has 4 rings (SSSR count). The summed E-state index contributed by atoms with van der Waals surface area (Å²) in [6.45, 7) is 1.43. The largest absolute Gasteiger partial charge is 0.465 e. The number of para-hydroxylation sites is 2. The first-order valence-corrected chi connectivity index (χ1v) is 9.74. The average Bonchev–Trinajstić information content (AvgIpc) is 3.22. The van der Waals surface area contributed by atoms with E-state index in [2.05, 4.69) is 9.72 Å². The van der Waals surface area contributed by atoms with E-state index in [9.17, 15) is 9.59 Å². The molecule has 1 aliphatic heterocycles. The Balaban J connectivity index is 1.34. The normalized spacial score (nSPS) is 15.1. The molecule has 1 fully saturated rings. The lowest BCUT2D eigenvalue weighted by Crippen LogP contribution is -2.37. The van der Waals surface area contributed by atoms with Crippen LogP contribution in [-0.4, -0.2) is 46.9 Å². The van der Waals surface area contributed by atoms with Crippen LogP contribution < -0.4 is 0 Å². The quantitative estimate of drug-likeness (QED) is 0.544. The van der Waals surface area contributed by atoms with Gasteiger partial charge in [-0.2, -0.15) is 0 Å². The van der Waals surface area contributed by atoms with Crippen LogP contribution in [-0.2, 0) is 9.53 Å². The summed E-state index contributed by atoms with van der Waals surface area (Å²) in [5.74, 6) is 0.995. The predicted molar refractivity (Wildman–Crippen MR) is 111 cm³/mol. The number of nitrogens with one attached hydrogen (secondary N) is 1. The van der Waals surface area contributed by atoms with E-state index in [4.69, 9.17) is 4.98 Å². The van der Waals surface area contributed by atoms with Gasteiger partial charge in [-0.15, -0.1) is 0 Å². The van der Waals surface area contributed by atoms with Crippen molar-refractivity contribution in [3.63, 3.8) is 0 Å². The number of hydrogen-bond donors (Lipinski definition) is 1. The minimum Gasteiger partial charge on any atom is -0.465 e. The van der Waals surface area contributed by atoms with Crippen molar-refractivity contribution >= 4 is 29.0 Å². The molecule has 0 radical (unpaired) electrons. The third-order valence-corrected chi connectivity index (χ3v) is 5.35. The van der Waals surface area contributed by atoms with Gasteiger partial charge in [0.25, 0.3) is 0 Å². The number of ether oxygens (including phenoxy) is 1. The fourth-order valence-electron chi connectivity index (χ4n) is 3.66. The Kier molecular flexibility index (Phi) is 5.42. The van der Waals surface area contributed by atoms with Crippen molar-refractivity contribution < 1.29 is 14.3 Å². The highest BCUT2D eigenvalue weighted by molar-refractivity contribution is 5.92. The molecule has 148 valence electrons. The highest BCUT2D eigenvalue weighted by Gasteiger charge is 2.24. The molecule has 1 N–H and O–H groups in total. The second-order valence-corrected chi connectivity index (χ2v) is 7.19. The van der Waals surface area contributed by atoms with Gasteiger partial charge in [0.2, 0.25) is 5.91 Å². The van der Waals surface area contributed by atoms with Gasteiger partial charge in [-0.1, -0.05) is 24.3 Å². The monoisotopic (exact) mass is 389 g/mol. The summed E-state index contributed by atoms with van der Waals surface area (Å²) in [5.41, 5.74) is 3.40. The molecule has 0 bridgehead atoms. The predicted octanol–water partition coefficient (Wildman–Crippen LogP) is 3.77. The second kappa shape index (κ2) is 8.31. The maximum absolute atomic E-state index is 12.5. The van der Waals surface area contributed by atoms with Crippen molar-refractivity contribution in [3.8, 4) is 0 Å². The smallest absolute Gasteiger partial charge is 0.337 e. The minimum absolute atomic E-state index is 0.00472. The molecule has 29 heavy (non-hydrogen) atoms. The summed E-state index contributed by atoms with van der Waals surface area (Å²) in [6.07, 6.45) is 5.16. The lowest BCUT2D eigenvalue weighted by Gasteiger charge is -2.30. The summed E-state index contributed by atoms with van der Waals surface area (Å²) in [5, 5.41) is 0. The van der Waals surface area contributed by atoms with Gasteiger partial charge in [0.05, 0.1) is 23.7 Å². The first-order valence-electron chi connectivity index (χ1n) is 9.74. The molecule has 0 atom stereocenters. The summed E-state index contributed by atoms with van der Waals surface area (Å²) in [6, 6.07) is 15.0. The first-order chi connectivity index (χ1) is 14.1. The lowest BCUT2D eigenvalue weighted by molar-refractivity contribution is -0.127. The zero-order chi connectivity index (χ0) is 20.2. The number of rotatable bonds is 4. The topological polar surface area (TPSA) is 75.3 Å². The molecule has 6 heteroatoms. The fourth-order valence-corrected chi connectivity index (χ4v) is 3.66. The molecule has 0 aliphatic carbocycles. The van der Waals surface area contributed by atoms with Crippen molar-refractivity contribution in [2.24, 2.45) is 0 Å². The van der Waals surface area contributed by atoms with Gasteiger partial charge in [0.1, 0.15) is 5.82 Å². The zero-order valence-corrected chi connectivity index (χ0v) is 16.3. The van der Waals surface area contributed by atoms with Crippen LogP contribution in [0.15, 0.2) is 54.6 Å². The van der Waals surface area contributed by atoms with Crippen LogP contribution in [0.1, 0.15) is 40.5 Å². The molecule has 2 aromatic carbocycles. The molecule has 0 saturated carbocycles. The van der Waals surface area contributed by atoms with Gasteiger partial charge >= 0.3 is 5.97 Å². The molecule has 0 spiro atoms. The zero-order valence-electron chi connectivity index (χ0n) is 16.3. The number of nitrogens with zero attached hydrogens (tertiary/aromatic N) is 2. The molecule has 2 heterocycles. The van der Waals surface area contributed by atoms with Crippen LogP contribution >= 0.6 is 0 Å². The van der Waals surface area contributed by atoms with Crippen LogP contribution in [0.2, 0.25) is 0 Å². The van der Waals surface area contributed by atoms with E-state index in [0.717, 1.165) is 35.3 Å². The maximum Gasteiger partial charge on any atom is 0.337 e. The van der Waals surface area contributed by atoms with Crippen molar-refractivity contribution in [3.05, 3.63) is 71.6 Å². The molecular formula is C23H23N3O3.